The van der Waals surface area contributed by atoms with Crippen LogP contribution >= 0.6 is 0 Å². The molecule has 2 aromatic carbocycles. The number of aliphatic carboxylic acids is 1. The Bertz CT molecular complexity index is 660. The van der Waals surface area contributed by atoms with Crippen LogP contribution in [-0.2, 0) is 11.2 Å². The van der Waals surface area contributed by atoms with Gasteiger partial charge in [0.15, 0.2) is 0 Å². The molecule has 0 spiro atoms. The molecule has 116 valence electrons. The van der Waals surface area contributed by atoms with Crippen LogP contribution in [0.1, 0.15) is 47.9 Å². The molecule has 0 heterocycles. The van der Waals surface area contributed by atoms with Gasteiger partial charge in [-0.3, -0.25) is 4.79 Å². The van der Waals surface area contributed by atoms with Gasteiger partial charge in [-0.05, 0) is 47.6 Å². The molecule has 0 amide bonds. The highest BCUT2D eigenvalue weighted by molar-refractivity contribution is 5.76. The van der Waals surface area contributed by atoms with Crippen molar-refractivity contribution in [3.05, 3.63) is 70.5 Å². The van der Waals surface area contributed by atoms with Crippen molar-refractivity contribution in [1.29, 1.82) is 0 Å². The highest BCUT2D eigenvalue weighted by Gasteiger charge is 2.21. The summed E-state index contributed by atoms with van der Waals surface area (Å²) in [4.78, 5) is 11.6. The van der Waals surface area contributed by atoms with E-state index in [9.17, 15) is 14.3 Å². The Morgan fingerprint density at radius 1 is 1.09 bits per heavy atom. The minimum atomic E-state index is -0.934. The normalized spacial score (nSPS) is 12.4. The Labute approximate surface area is 130 Å². The van der Waals surface area contributed by atoms with E-state index in [0.29, 0.717) is 23.5 Å². The van der Waals surface area contributed by atoms with E-state index in [0.717, 1.165) is 5.56 Å². The summed E-state index contributed by atoms with van der Waals surface area (Å²) in [6, 6.07) is 12.6. The van der Waals surface area contributed by atoms with Crippen LogP contribution in [0.25, 0.3) is 0 Å². The molecule has 2 nitrogen and oxygen atoms in total. The van der Waals surface area contributed by atoms with Gasteiger partial charge in [0.1, 0.15) is 5.82 Å². The molecule has 1 unspecified atom stereocenters. The molecule has 1 atom stereocenters. The summed E-state index contributed by atoms with van der Waals surface area (Å²) in [6.07, 6.45) is 0.357. The van der Waals surface area contributed by atoms with Crippen molar-refractivity contribution in [1.82, 2.24) is 0 Å². The lowest BCUT2D eigenvalue weighted by Crippen LogP contribution is -2.15. The Hall–Kier alpha value is -2.16. The van der Waals surface area contributed by atoms with E-state index < -0.39 is 11.9 Å². The molecule has 0 aliphatic heterocycles. The number of carbonyl (C=O) groups is 1. The van der Waals surface area contributed by atoms with Crippen molar-refractivity contribution in [2.45, 2.75) is 39.0 Å². The van der Waals surface area contributed by atoms with E-state index in [4.69, 9.17) is 0 Å². The van der Waals surface area contributed by atoms with Crippen molar-refractivity contribution >= 4 is 5.97 Å². The minimum Gasteiger partial charge on any atom is -0.481 e. The summed E-state index contributed by atoms with van der Waals surface area (Å²) in [7, 11) is 0. The second kappa shape index (κ2) is 6.73. The first-order valence-corrected chi connectivity index (χ1v) is 7.46. The second-order valence-corrected chi connectivity index (χ2v) is 6.00. The number of hydrogen-bond acceptors (Lipinski definition) is 1. The number of carboxylic acids is 1. The largest absolute Gasteiger partial charge is 0.481 e. The Balaban J connectivity index is 2.25. The van der Waals surface area contributed by atoms with E-state index in [1.54, 1.807) is 19.1 Å². The van der Waals surface area contributed by atoms with E-state index in [1.807, 2.05) is 24.3 Å². The molecule has 0 aliphatic rings. The van der Waals surface area contributed by atoms with Crippen molar-refractivity contribution in [2.75, 3.05) is 0 Å². The molecular weight excluding hydrogens is 279 g/mol. The average molecular weight is 300 g/mol. The van der Waals surface area contributed by atoms with Crippen LogP contribution in [0, 0.1) is 12.7 Å². The summed E-state index contributed by atoms with van der Waals surface area (Å²) in [6.45, 7) is 5.90. The van der Waals surface area contributed by atoms with Crippen molar-refractivity contribution in [3.8, 4) is 0 Å². The van der Waals surface area contributed by atoms with Gasteiger partial charge in [-0.2, -0.15) is 0 Å². The number of halogens is 1. The zero-order chi connectivity index (χ0) is 16.3. The van der Waals surface area contributed by atoms with E-state index in [1.165, 1.54) is 11.6 Å². The zero-order valence-corrected chi connectivity index (χ0v) is 13.1. The maximum Gasteiger partial charge on any atom is 0.311 e. The molecular formula is C19H21FO2. The summed E-state index contributed by atoms with van der Waals surface area (Å²) >= 11 is 0. The molecule has 0 saturated heterocycles. The Morgan fingerprint density at radius 3 is 2.18 bits per heavy atom. The minimum absolute atomic E-state index is 0.357. The standard InChI is InChI=1S/C19H21FO2/c1-12(2)15-8-5-14(6-9-15)10-17(19(21)22)16-7-4-13(3)18(20)11-16/h4-9,11-12,17H,10H2,1-3H3,(H,21,22). The quantitative estimate of drug-likeness (QED) is 0.871. The first kappa shape index (κ1) is 16.2. The topological polar surface area (TPSA) is 37.3 Å². The van der Waals surface area contributed by atoms with E-state index >= 15 is 0 Å². The zero-order valence-electron chi connectivity index (χ0n) is 13.1. The lowest BCUT2D eigenvalue weighted by molar-refractivity contribution is -0.138. The lowest BCUT2D eigenvalue weighted by atomic mass is 9.90. The SMILES string of the molecule is Cc1ccc(C(Cc2ccc(C(C)C)cc2)C(=O)O)cc1F. The maximum absolute atomic E-state index is 13.7. The highest BCUT2D eigenvalue weighted by Crippen LogP contribution is 2.24. The van der Waals surface area contributed by atoms with Gasteiger partial charge in [0.2, 0.25) is 0 Å². The van der Waals surface area contributed by atoms with Gasteiger partial charge in [0.05, 0.1) is 5.92 Å². The van der Waals surface area contributed by atoms with Crippen LogP contribution < -0.4 is 0 Å². The number of benzene rings is 2. The summed E-state index contributed by atoms with van der Waals surface area (Å²) < 4.78 is 13.7. The van der Waals surface area contributed by atoms with Gasteiger partial charge in [-0.25, -0.2) is 4.39 Å². The summed E-state index contributed by atoms with van der Waals surface area (Å²) in [5.41, 5.74) is 3.19. The van der Waals surface area contributed by atoms with Crippen LogP contribution in [0.3, 0.4) is 0 Å². The fourth-order valence-corrected chi connectivity index (χ4v) is 2.45. The van der Waals surface area contributed by atoms with Gasteiger partial charge in [0, 0.05) is 0 Å². The van der Waals surface area contributed by atoms with Crippen LogP contribution in [0.2, 0.25) is 0 Å². The predicted molar refractivity (Wildman–Crippen MR) is 85.7 cm³/mol. The number of aryl methyl sites for hydroxylation is 1. The third-order valence-corrected chi connectivity index (χ3v) is 3.98. The maximum atomic E-state index is 13.7. The molecule has 2 aromatic rings. The molecule has 3 heteroatoms. The third kappa shape index (κ3) is 3.73. The molecule has 0 fully saturated rings. The van der Waals surface area contributed by atoms with Gasteiger partial charge in [-0.1, -0.05) is 50.2 Å². The molecule has 0 aromatic heterocycles. The van der Waals surface area contributed by atoms with Crippen LogP contribution in [-0.4, -0.2) is 11.1 Å². The van der Waals surface area contributed by atoms with Crippen LogP contribution in [0.15, 0.2) is 42.5 Å². The molecule has 0 bridgehead atoms. The first-order valence-electron chi connectivity index (χ1n) is 7.46. The van der Waals surface area contributed by atoms with Crippen LogP contribution in [0.5, 0.6) is 0 Å². The Morgan fingerprint density at radius 2 is 1.68 bits per heavy atom. The monoisotopic (exact) mass is 300 g/mol. The molecule has 2 rings (SSSR count). The summed E-state index contributed by atoms with van der Waals surface area (Å²) in [5, 5.41) is 9.47. The van der Waals surface area contributed by atoms with Crippen molar-refractivity contribution < 1.29 is 14.3 Å². The number of rotatable bonds is 5. The summed E-state index contributed by atoms with van der Waals surface area (Å²) in [5.74, 6) is -1.59. The third-order valence-electron chi connectivity index (χ3n) is 3.98. The second-order valence-electron chi connectivity index (χ2n) is 6.00. The molecule has 0 radical (unpaired) electrons. The molecule has 1 N–H and O–H groups in total. The lowest BCUT2D eigenvalue weighted by Gasteiger charge is -2.14. The van der Waals surface area contributed by atoms with Gasteiger partial charge in [-0.15, -0.1) is 0 Å². The van der Waals surface area contributed by atoms with Crippen molar-refractivity contribution in [3.63, 3.8) is 0 Å². The van der Waals surface area contributed by atoms with Gasteiger partial charge < -0.3 is 5.11 Å². The number of carboxylic acid groups (broad SMARTS) is 1. The predicted octanol–water partition coefficient (Wildman–Crippen LogP) is 4.67. The smallest absolute Gasteiger partial charge is 0.311 e. The molecule has 0 saturated carbocycles. The fourth-order valence-electron chi connectivity index (χ4n) is 2.45. The van der Waals surface area contributed by atoms with E-state index in [2.05, 4.69) is 13.8 Å². The average Bonchev–Trinajstić information content (AvgIpc) is 2.48. The fraction of sp³-hybridized carbons (Fsp3) is 0.316. The highest BCUT2D eigenvalue weighted by atomic mass is 19.1. The molecule has 0 aliphatic carbocycles. The van der Waals surface area contributed by atoms with Gasteiger partial charge >= 0.3 is 5.97 Å². The number of hydrogen-bond donors (Lipinski definition) is 1. The van der Waals surface area contributed by atoms with E-state index in [-0.39, 0.29) is 5.82 Å². The van der Waals surface area contributed by atoms with Crippen molar-refractivity contribution in [2.24, 2.45) is 0 Å². The Kier molecular flexibility index (Phi) is 4.96. The van der Waals surface area contributed by atoms with Crippen LogP contribution in [0.4, 0.5) is 4.39 Å². The van der Waals surface area contributed by atoms with Gasteiger partial charge in [0.25, 0.3) is 0 Å². The molecule has 22 heavy (non-hydrogen) atoms. The first-order chi connectivity index (χ1) is 10.4.